The Morgan fingerprint density at radius 1 is 1.47 bits per heavy atom. The van der Waals surface area contributed by atoms with Gasteiger partial charge in [-0.25, -0.2) is 0 Å². The molecular weight excluding hydrogens is 190 g/mol. The summed E-state index contributed by atoms with van der Waals surface area (Å²) in [6.07, 6.45) is 4.95. The smallest absolute Gasteiger partial charge is 0.235 e. The van der Waals surface area contributed by atoms with Crippen molar-refractivity contribution in [2.24, 2.45) is 5.73 Å². The number of amides is 1. The first-order chi connectivity index (χ1) is 7.20. The molecule has 0 spiro atoms. The van der Waals surface area contributed by atoms with Gasteiger partial charge in [0.15, 0.2) is 0 Å². The van der Waals surface area contributed by atoms with Gasteiger partial charge in [-0.3, -0.25) is 9.69 Å². The van der Waals surface area contributed by atoms with Crippen LogP contribution in [0.15, 0.2) is 0 Å². The second-order valence-electron chi connectivity index (χ2n) is 4.71. The molecular formula is C11H21N3O. The Balaban J connectivity index is 1.82. The summed E-state index contributed by atoms with van der Waals surface area (Å²) in [5.41, 5.74) is 5.41. The Kier molecular flexibility index (Phi) is 3.26. The van der Waals surface area contributed by atoms with E-state index in [0.717, 1.165) is 13.1 Å². The number of hydrogen-bond donors (Lipinski definition) is 2. The Bertz CT molecular complexity index is 236. The van der Waals surface area contributed by atoms with Crippen LogP contribution in [0.5, 0.6) is 0 Å². The Morgan fingerprint density at radius 2 is 2.13 bits per heavy atom. The van der Waals surface area contributed by atoms with Crippen molar-refractivity contribution in [2.75, 3.05) is 13.1 Å². The number of likely N-dealkylation sites (N-methyl/N-ethyl adjacent to an activating group) is 1. The Labute approximate surface area is 91.2 Å². The van der Waals surface area contributed by atoms with Crippen molar-refractivity contribution in [1.29, 1.82) is 0 Å². The van der Waals surface area contributed by atoms with Crippen LogP contribution in [0, 0.1) is 0 Å². The van der Waals surface area contributed by atoms with Gasteiger partial charge in [0.1, 0.15) is 0 Å². The minimum Gasteiger partial charge on any atom is -0.368 e. The molecule has 4 heteroatoms. The van der Waals surface area contributed by atoms with Crippen molar-refractivity contribution in [3.8, 4) is 0 Å². The lowest BCUT2D eigenvalue weighted by atomic mass is 10.2. The summed E-state index contributed by atoms with van der Waals surface area (Å²) < 4.78 is 0. The first-order valence-corrected chi connectivity index (χ1v) is 6.00. The fraction of sp³-hybridized carbons (Fsp3) is 0.909. The molecule has 0 bridgehead atoms. The van der Waals surface area contributed by atoms with E-state index in [1.807, 2.05) is 0 Å². The van der Waals surface area contributed by atoms with Crippen LogP contribution in [0.3, 0.4) is 0 Å². The summed E-state index contributed by atoms with van der Waals surface area (Å²) >= 11 is 0. The average Bonchev–Trinajstić information content (AvgIpc) is 3.01. The minimum atomic E-state index is -0.207. The lowest BCUT2D eigenvalue weighted by molar-refractivity contribution is -0.120. The number of nitrogens with two attached hydrogens (primary N) is 1. The van der Waals surface area contributed by atoms with Gasteiger partial charge in [-0.15, -0.1) is 0 Å². The van der Waals surface area contributed by atoms with Crippen molar-refractivity contribution < 1.29 is 4.79 Å². The van der Waals surface area contributed by atoms with E-state index in [0.29, 0.717) is 12.1 Å². The van der Waals surface area contributed by atoms with Crippen molar-refractivity contribution in [3.05, 3.63) is 0 Å². The van der Waals surface area contributed by atoms with Crippen LogP contribution >= 0.6 is 0 Å². The molecule has 15 heavy (non-hydrogen) atoms. The second-order valence-corrected chi connectivity index (χ2v) is 4.71. The van der Waals surface area contributed by atoms with Crippen LogP contribution in [-0.2, 0) is 4.79 Å². The molecule has 3 N–H and O–H groups in total. The van der Waals surface area contributed by atoms with E-state index in [9.17, 15) is 4.79 Å². The number of carbonyl (C=O) groups is 1. The molecule has 2 rings (SSSR count). The minimum absolute atomic E-state index is 0.155. The maximum atomic E-state index is 11.3. The molecule has 1 atom stereocenters. The monoisotopic (exact) mass is 211 g/mol. The number of nitrogens with one attached hydrogen (secondary N) is 1. The van der Waals surface area contributed by atoms with Gasteiger partial charge in [-0.2, -0.15) is 0 Å². The van der Waals surface area contributed by atoms with E-state index < -0.39 is 0 Å². The van der Waals surface area contributed by atoms with E-state index in [1.165, 1.54) is 25.7 Å². The van der Waals surface area contributed by atoms with Crippen molar-refractivity contribution in [1.82, 2.24) is 10.2 Å². The molecule has 0 aliphatic heterocycles. The molecule has 1 unspecified atom stereocenters. The lowest BCUT2D eigenvalue weighted by Crippen LogP contribution is -2.50. The molecule has 0 aromatic carbocycles. The topological polar surface area (TPSA) is 58.4 Å². The highest BCUT2D eigenvalue weighted by molar-refractivity contribution is 5.80. The van der Waals surface area contributed by atoms with Crippen molar-refractivity contribution in [2.45, 2.75) is 50.7 Å². The number of rotatable bonds is 7. The van der Waals surface area contributed by atoms with Gasteiger partial charge in [0, 0.05) is 18.6 Å². The van der Waals surface area contributed by atoms with E-state index in [-0.39, 0.29) is 11.9 Å². The molecule has 2 fully saturated rings. The predicted octanol–water partition coefficient (Wildman–Crippen LogP) is 0.0766. The summed E-state index contributed by atoms with van der Waals surface area (Å²) in [5.74, 6) is -0.207. The van der Waals surface area contributed by atoms with E-state index in [4.69, 9.17) is 5.73 Å². The van der Waals surface area contributed by atoms with E-state index in [1.54, 1.807) is 0 Å². The van der Waals surface area contributed by atoms with Crippen LogP contribution < -0.4 is 11.1 Å². The third-order valence-electron chi connectivity index (χ3n) is 3.24. The number of primary amides is 1. The average molecular weight is 211 g/mol. The molecule has 0 saturated heterocycles. The molecule has 2 saturated carbocycles. The number of carbonyl (C=O) groups excluding carboxylic acids is 1. The molecule has 0 heterocycles. The van der Waals surface area contributed by atoms with Crippen LogP contribution in [0.2, 0.25) is 0 Å². The second kappa shape index (κ2) is 4.49. The maximum Gasteiger partial charge on any atom is 0.235 e. The highest BCUT2D eigenvalue weighted by atomic mass is 16.1. The van der Waals surface area contributed by atoms with Gasteiger partial charge >= 0.3 is 0 Å². The van der Waals surface area contributed by atoms with Gasteiger partial charge in [-0.1, -0.05) is 6.92 Å². The van der Waals surface area contributed by atoms with Crippen LogP contribution in [0.25, 0.3) is 0 Å². The Hall–Kier alpha value is -0.610. The first kappa shape index (κ1) is 10.9. The molecule has 1 amide bonds. The Morgan fingerprint density at radius 3 is 2.53 bits per heavy atom. The normalized spacial score (nSPS) is 23.1. The first-order valence-electron chi connectivity index (χ1n) is 6.00. The third-order valence-corrected chi connectivity index (χ3v) is 3.24. The van der Waals surface area contributed by atoms with Gasteiger partial charge in [0.05, 0.1) is 6.04 Å². The molecule has 86 valence electrons. The fourth-order valence-electron chi connectivity index (χ4n) is 1.97. The number of hydrogen-bond acceptors (Lipinski definition) is 3. The summed E-state index contributed by atoms with van der Waals surface area (Å²) in [7, 11) is 0. The van der Waals surface area contributed by atoms with Crippen molar-refractivity contribution >= 4 is 5.91 Å². The SMILES string of the molecule is CCN(CC(NC1CC1)C(N)=O)C1CC1. The molecule has 0 aromatic rings. The largest absolute Gasteiger partial charge is 0.368 e. The highest BCUT2D eigenvalue weighted by Gasteiger charge is 2.33. The molecule has 4 nitrogen and oxygen atoms in total. The zero-order chi connectivity index (χ0) is 10.8. The maximum absolute atomic E-state index is 11.3. The summed E-state index contributed by atoms with van der Waals surface area (Å²) in [5, 5.41) is 3.32. The van der Waals surface area contributed by atoms with Gasteiger partial charge in [0.25, 0.3) is 0 Å². The summed E-state index contributed by atoms with van der Waals surface area (Å²) in [6, 6.07) is 1.09. The summed E-state index contributed by atoms with van der Waals surface area (Å²) in [4.78, 5) is 13.7. The zero-order valence-electron chi connectivity index (χ0n) is 9.41. The highest BCUT2D eigenvalue weighted by Crippen LogP contribution is 2.27. The quantitative estimate of drug-likeness (QED) is 0.627. The van der Waals surface area contributed by atoms with Gasteiger partial charge in [0.2, 0.25) is 5.91 Å². The van der Waals surface area contributed by atoms with Crippen LogP contribution in [0.1, 0.15) is 32.6 Å². The molecule has 0 aromatic heterocycles. The predicted molar refractivity (Wildman–Crippen MR) is 59.4 cm³/mol. The third kappa shape index (κ3) is 3.18. The standard InChI is InChI=1S/C11H21N3O/c1-2-14(9-5-6-9)7-10(11(12)15)13-8-3-4-8/h8-10,13H,2-7H2,1H3,(H2,12,15). The molecule has 0 radical (unpaired) electrons. The zero-order valence-corrected chi connectivity index (χ0v) is 9.41. The molecule has 2 aliphatic rings. The van der Waals surface area contributed by atoms with Gasteiger partial charge in [-0.05, 0) is 32.2 Å². The van der Waals surface area contributed by atoms with Crippen LogP contribution in [-0.4, -0.2) is 42.0 Å². The number of nitrogens with zero attached hydrogens (tertiary/aromatic N) is 1. The van der Waals surface area contributed by atoms with Crippen molar-refractivity contribution in [3.63, 3.8) is 0 Å². The molecule has 2 aliphatic carbocycles. The summed E-state index contributed by atoms with van der Waals surface area (Å²) in [6.45, 7) is 3.95. The van der Waals surface area contributed by atoms with E-state index >= 15 is 0 Å². The lowest BCUT2D eigenvalue weighted by Gasteiger charge is -2.25. The van der Waals surface area contributed by atoms with Crippen LogP contribution in [0.4, 0.5) is 0 Å². The van der Waals surface area contributed by atoms with E-state index in [2.05, 4.69) is 17.1 Å². The fourth-order valence-corrected chi connectivity index (χ4v) is 1.97. The van der Waals surface area contributed by atoms with Gasteiger partial charge < -0.3 is 11.1 Å².